The van der Waals surface area contributed by atoms with Crippen molar-refractivity contribution < 1.29 is 37.3 Å². The summed E-state index contributed by atoms with van der Waals surface area (Å²) in [7, 11) is 1.13. The lowest BCUT2D eigenvalue weighted by Crippen LogP contribution is -2.20. The number of carbonyl (C=O) groups excluding carboxylic acids is 2. The number of allylic oxidation sites excluding steroid dienone is 1. The van der Waals surface area contributed by atoms with Crippen molar-refractivity contribution in [2.75, 3.05) is 13.7 Å². The van der Waals surface area contributed by atoms with E-state index in [4.69, 9.17) is 5.11 Å². The van der Waals surface area contributed by atoms with E-state index in [-0.39, 0.29) is 17.2 Å². The standard InChI is InChI=1S/C13H12F3NO5S/c1-3-22-11(19)7(10(18)13(14,15)16)6-17-8-4-5-23-9(8)12(20)21-2/h4-6,18H,3H2,1-2H3/b10-7-,17-6?. The molecular formula is C13H12F3NO5S. The zero-order valence-corrected chi connectivity index (χ0v) is 12.8. The number of thiophene rings is 1. The van der Waals surface area contributed by atoms with Crippen LogP contribution in [0.25, 0.3) is 0 Å². The number of carbonyl (C=O) groups is 2. The highest BCUT2D eigenvalue weighted by Crippen LogP contribution is 2.28. The van der Waals surface area contributed by atoms with Crippen molar-refractivity contribution in [3.8, 4) is 0 Å². The minimum absolute atomic E-state index is 0.00128. The van der Waals surface area contributed by atoms with Gasteiger partial charge in [-0.25, -0.2) is 9.59 Å². The highest BCUT2D eigenvalue weighted by molar-refractivity contribution is 7.12. The van der Waals surface area contributed by atoms with Crippen molar-refractivity contribution >= 4 is 35.2 Å². The van der Waals surface area contributed by atoms with Crippen molar-refractivity contribution in [3.05, 3.63) is 27.7 Å². The van der Waals surface area contributed by atoms with Gasteiger partial charge in [0, 0.05) is 6.21 Å². The predicted octanol–water partition coefficient (Wildman–Crippen LogP) is 3.17. The fourth-order valence-corrected chi connectivity index (χ4v) is 2.11. The lowest BCUT2D eigenvalue weighted by molar-refractivity contribution is -0.141. The molecule has 0 fully saturated rings. The Hall–Kier alpha value is -2.36. The van der Waals surface area contributed by atoms with E-state index in [1.807, 2.05) is 0 Å². The molecule has 0 unspecified atom stereocenters. The first-order valence-corrected chi connectivity index (χ1v) is 6.97. The topological polar surface area (TPSA) is 85.2 Å². The predicted molar refractivity (Wildman–Crippen MR) is 76.2 cm³/mol. The van der Waals surface area contributed by atoms with Crippen LogP contribution >= 0.6 is 11.3 Å². The molecule has 1 aromatic rings. The lowest BCUT2D eigenvalue weighted by atomic mass is 10.2. The van der Waals surface area contributed by atoms with Crippen LogP contribution in [0.15, 0.2) is 27.8 Å². The number of alkyl halides is 3. The van der Waals surface area contributed by atoms with Gasteiger partial charge in [0.1, 0.15) is 10.5 Å². The molecule has 0 saturated heterocycles. The van der Waals surface area contributed by atoms with E-state index in [0.717, 1.165) is 18.4 Å². The highest BCUT2D eigenvalue weighted by atomic mass is 32.1. The summed E-state index contributed by atoms with van der Waals surface area (Å²) in [6, 6.07) is 1.35. The summed E-state index contributed by atoms with van der Waals surface area (Å²) in [5.74, 6) is -4.25. The van der Waals surface area contributed by atoms with E-state index in [1.165, 1.54) is 18.4 Å². The van der Waals surface area contributed by atoms with Gasteiger partial charge in [-0.2, -0.15) is 13.2 Å². The summed E-state index contributed by atoms with van der Waals surface area (Å²) in [6.45, 7) is 1.21. The Labute approximate surface area is 132 Å². The maximum Gasteiger partial charge on any atom is 0.449 e. The Kier molecular flexibility index (Phi) is 6.31. The summed E-state index contributed by atoms with van der Waals surface area (Å²) in [5.41, 5.74) is -1.17. The van der Waals surface area contributed by atoms with Crippen LogP contribution in [-0.4, -0.2) is 43.2 Å². The van der Waals surface area contributed by atoms with Crippen molar-refractivity contribution in [1.82, 2.24) is 0 Å². The number of ether oxygens (including phenoxy) is 2. The SMILES string of the molecule is CCOC(=O)/C(C=Nc1ccsc1C(=O)OC)=C(\O)C(F)(F)F. The number of rotatable bonds is 5. The number of aliphatic hydroxyl groups is 1. The highest BCUT2D eigenvalue weighted by Gasteiger charge is 2.38. The van der Waals surface area contributed by atoms with Gasteiger partial charge in [-0.3, -0.25) is 4.99 Å². The van der Waals surface area contributed by atoms with Crippen molar-refractivity contribution in [3.63, 3.8) is 0 Å². The van der Waals surface area contributed by atoms with Gasteiger partial charge < -0.3 is 14.6 Å². The van der Waals surface area contributed by atoms with Gasteiger partial charge in [-0.1, -0.05) is 0 Å². The molecule has 1 heterocycles. The third-order valence-electron chi connectivity index (χ3n) is 2.37. The van der Waals surface area contributed by atoms with E-state index in [9.17, 15) is 22.8 Å². The van der Waals surface area contributed by atoms with Gasteiger partial charge in [-0.05, 0) is 18.4 Å². The van der Waals surface area contributed by atoms with E-state index in [0.29, 0.717) is 6.21 Å². The molecular weight excluding hydrogens is 339 g/mol. The summed E-state index contributed by atoms with van der Waals surface area (Å²) in [6.07, 6.45) is -4.65. The van der Waals surface area contributed by atoms with Crippen LogP contribution in [0.2, 0.25) is 0 Å². The average molecular weight is 351 g/mol. The Bertz CT molecular complexity index is 648. The molecule has 0 amide bonds. The smallest absolute Gasteiger partial charge is 0.449 e. The van der Waals surface area contributed by atoms with E-state index in [2.05, 4.69) is 14.5 Å². The number of hydrogen-bond donors (Lipinski definition) is 1. The van der Waals surface area contributed by atoms with Crippen LogP contribution < -0.4 is 0 Å². The molecule has 126 valence electrons. The first kappa shape index (κ1) is 18.7. The van der Waals surface area contributed by atoms with E-state index < -0.39 is 29.4 Å². The largest absolute Gasteiger partial charge is 0.504 e. The molecule has 0 saturated carbocycles. The van der Waals surface area contributed by atoms with Gasteiger partial charge in [0.2, 0.25) is 5.76 Å². The number of hydrogen-bond acceptors (Lipinski definition) is 7. The molecule has 1 N–H and O–H groups in total. The molecule has 0 radical (unpaired) electrons. The number of aliphatic imine (C=N–C) groups is 1. The van der Waals surface area contributed by atoms with Gasteiger partial charge >= 0.3 is 18.1 Å². The maximum absolute atomic E-state index is 12.6. The third-order valence-corrected chi connectivity index (χ3v) is 3.25. The lowest BCUT2D eigenvalue weighted by Gasteiger charge is -2.09. The summed E-state index contributed by atoms with van der Waals surface area (Å²) >= 11 is 0.961. The quantitative estimate of drug-likeness (QED) is 0.381. The number of esters is 2. The third kappa shape index (κ3) is 4.81. The number of methoxy groups -OCH3 is 1. The number of nitrogens with zero attached hydrogens (tertiary/aromatic N) is 1. The van der Waals surface area contributed by atoms with Crippen LogP contribution in [0, 0.1) is 0 Å². The van der Waals surface area contributed by atoms with Crippen molar-refractivity contribution in [2.24, 2.45) is 4.99 Å². The first-order valence-electron chi connectivity index (χ1n) is 6.09. The van der Waals surface area contributed by atoms with Crippen LogP contribution in [-0.2, 0) is 14.3 Å². The fraction of sp³-hybridized carbons (Fsp3) is 0.308. The molecule has 0 aliphatic carbocycles. The Morgan fingerprint density at radius 1 is 1.43 bits per heavy atom. The summed E-state index contributed by atoms with van der Waals surface area (Å²) in [5, 5.41) is 10.6. The molecule has 0 aromatic carbocycles. The Balaban J connectivity index is 3.24. The maximum atomic E-state index is 12.6. The zero-order chi connectivity index (χ0) is 17.6. The molecule has 0 atom stereocenters. The Morgan fingerprint density at radius 2 is 2.09 bits per heavy atom. The molecule has 6 nitrogen and oxygen atoms in total. The fourth-order valence-electron chi connectivity index (χ4n) is 1.36. The molecule has 0 aliphatic rings. The van der Waals surface area contributed by atoms with Crippen LogP contribution in [0.4, 0.5) is 18.9 Å². The van der Waals surface area contributed by atoms with Crippen LogP contribution in [0.1, 0.15) is 16.6 Å². The monoisotopic (exact) mass is 351 g/mol. The van der Waals surface area contributed by atoms with E-state index in [1.54, 1.807) is 0 Å². The zero-order valence-electron chi connectivity index (χ0n) is 12.0. The van der Waals surface area contributed by atoms with Gasteiger partial charge in [0.05, 0.1) is 19.4 Å². The molecule has 1 aromatic heterocycles. The molecule has 1 rings (SSSR count). The Morgan fingerprint density at radius 3 is 2.61 bits per heavy atom. The minimum atomic E-state index is -5.14. The molecule has 0 spiro atoms. The minimum Gasteiger partial charge on any atom is -0.504 e. The summed E-state index contributed by atoms with van der Waals surface area (Å²) in [4.78, 5) is 26.7. The molecule has 10 heteroatoms. The second-order valence-corrected chi connectivity index (χ2v) is 4.78. The van der Waals surface area contributed by atoms with E-state index >= 15 is 0 Å². The average Bonchev–Trinajstić information content (AvgIpc) is 2.94. The summed E-state index contributed by atoms with van der Waals surface area (Å²) < 4.78 is 46.7. The van der Waals surface area contributed by atoms with Crippen molar-refractivity contribution in [2.45, 2.75) is 13.1 Å². The molecule has 23 heavy (non-hydrogen) atoms. The van der Waals surface area contributed by atoms with Crippen molar-refractivity contribution in [1.29, 1.82) is 0 Å². The second kappa shape index (κ2) is 7.77. The van der Waals surface area contributed by atoms with Gasteiger partial charge in [-0.15, -0.1) is 11.3 Å². The van der Waals surface area contributed by atoms with Gasteiger partial charge in [0.25, 0.3) is 0 Å². The molecule has 0 aliphatic heterocycles. The molecule has 0 bridgehead atoms. The van der Waals surface area contributed by atoms with Crippen LogP contribution in [0.5, 0.6) is 0 Å². The number of aliphatic hydroxyl groups excluding tert-OH is 1. The normalized spacial score (nSPS) is 12.9. The second-order valence-electron chi connectivity index (χ2n) is 3.87. The number of halogens is 3. The van der Waals surface area contributed by atoms with Crippen LogP contribution in [0.3, 0.4) is 0 Å². The van der Waals surface area contributed by atoms with Gasteiger partial charge in [0.15, 0.2) is 0 Å². The first-order chi connectivity index (χ1) is 10.7.